The molecule has 0 aliphatic carbocycles. The third-order valence-electron chi connectivity index (χ3n) is 4.59. The second-order valence-corrected chi connectivity index (χ2v) is 7.14. The summed E-state index contributed by atoms with van der Waals surface area (Å²) >= 11 is 6.00. The van der Waals surface area contributed by atoms with Crippen molar-refractivity contribution < 1.29 is 9.84 Å². The predicted octanol–water partition coefficient (Wildman–Crippen LogP) is 4.72. The number of hydrogen-bond acceptors (Lipinski definition) is 3. The number of fused-ring (bicyclic) bond motifs is 1. The number of ether oxygens (including phenoxy) is 1. The third kappa shape index (κ3) is 4.35. The molecule has 1 N–H and O–H groups in total. The largest absolute Gasteiger partial charge is 0.491 e. The number of imidazole rings is 1. The van der Waals surface area contributed by atoms with Crippen LogP contribution >= 0.6 is 11.6 Å². The minimum Gasteiger partial charge on any atom is -0.491 e. The van der Waals surface area contributed by atoms with E-state index in [9.17, 15) is 5.11 Å². The van der Waals surface area contributed by atoms with Crippen molar-refractivity contribution in [3.8, 4) is 5.75 Å². The molecule has 0 amide bonds. The highest BCUT2D eigenvalue weighted by Crippen LogP contribution is 2.20. The number of rotatable bonds is 7. The van der Waals surface area contributed by atoms with Crippen molar-refractivity contribution in [3.05, 3.63) is 95.3 Å². The molecule has 0 aliphatic heterocycles. The lowest BCUT2D eigenvalue weighted by Crippen LogP contribution is -2.24. The number of para-hydroxylation sites is 3. The molecular weight excluding hydrogens is 372 g/mol. The Morgan fingerprint density at radius 3 is 2.43 bits per heavy atom. The van der Waals surface area contributed by atoms with E-state index in [1.165, 1.54) is 0 Å². The molecule has 3 aromatic carbocycles. The van der Waals surface area contributed by atoms with E-state index in [4.69, 9.17) is 21.3 Å². The highest BCUT2D eigenvalue weighted by Gasteiger charge is 2.15. The average Bonchev–Trinajstić information content (AvgIpc) is 3.06. The molecule has 1 heterocycles. The van der Waals surface area contributed by atoms with Gasteiger partial charge in [-0.15, -0.1) is 0 Å². The van der Waals surface area contributed by atoms with Crippen LogP contribution in [-0.2, 0) is 13.0 Å². The van der Waals surface area contributed by atoms with E-state index in [1.54, 1.807) is 0 Å². The lowest BCUT2D eigenvalue weighted by Gasteiger charge is -2.16. The van der Waals surface area contributed by atoms with E-state index in [1.807, 2.05) is 78.9 Å². The molecular formula is C23H21ClN2O2. The fourth-order valence-electron chi connectivity index (χ4n) is 3.22. The minimum atomic E-state index is -0.651. The summed E-state index contributed by atoms with van der Waals surface area (Å²) in [4.78, 5) is 4.78. The van der Waals surface area contributed by atoms with Crippen LogP contribution in [0, 0.1) is 0 Å². The van der Waals surface area contributed by atoms with Crippen molar-refractivity contribution in [1.29, 1.82) is 0 Å². The van der Waals surface area contributed by atoms with Gasteiger partial charge in [0, 0.05) is 11.4 Å². The molecule has 4 nitrogen and oxygen atoms in total. The molecule has 4 aromatic rings. The Balaban J connectivity index is 1.55. The quantitative estimate of drug-likeness (QED) is 0.495. The number of aliphatic hydroxyl groups excluding tert-OH is 1. The molecule has 1 aromatic heterocycles. The summed E-state index contributed by atoms with van der Waals surface area (Å²) in [5.41, 5.74) is 3.05. The first-order chi connectivity index (χ1) is 13.7. The van der Waals surface area contributed by atoms with Crippen LogP contribution in [0.15, 0.2) is 78.9 Å². The van der Waals surface area contributed by atoms with Crippen LogP contribution in [0.25, 0.3) is 11.0 Å². The SMILES string of the molecule is O[C@H](COc1ccccc1)Cn1c(Cc2ccc(Cl)cc2)nc2ccccc21. The highest BCUT2D eigenvalue weighted by molar-refractivity contribution is 6.30. The van der Waals surface area contributed by atoms with E-state index < -0.39 is 6.10 Å². The van der Waals surface area contributed by atoms with Gasteiger partial charge >= 0.3 is 0 Å². The van der Waals surface area contributed by atoms with Crippen molar-refractivity contribution in [3.63, 3.8) is 0 Å². The monoisotopic (exact) mass is 392 g/mol. The van der Waals surface area contributed by atoms with Crippen LogP contribution in [-0.4, -0.2) is 27.4 Å². The zero-order valence-electron chi connectivity index (χ0n) is 15.3. The topological polar surface area (TPSA) is 47.3 Å². The predicted molar refractivity (Wildman–Crippen MR) is 112 cm³/mol. The van der Waals surface area contributed by atoms with E-state index in [2.05, 4.69) is 4.57 Å². The first kappa shape index (κ1) is 18.5. The van der Waals surface area contributed by atoms with E-state index in [-0.39, 0.29) is 6.61 Å². The van der Waals surface area contributed by atoms with Gasteiger partial charge in [0.15, 0.2) is 0 Å². The van der Waals surface area contributed by atoms with Gasteiger partial charge in [0.25, 0.3) is 0 Å². The Kier molecular flexibility index (Phi) is 5.60. The third-order valence-corrected chi connectivity index (χ3v) is 4.84. The molecule has 0 spiro atoms. The van der Waals surface area contributed by atoms with E-state index in [0.717, 1.165) is 28.2 Å². The fraction of sp³-hybridized carbons (Fsp3) is 0.174. The average molecular weight is 393 g/mol. The fourth-order valence-corrected chi connectivity index (χ4v) is 3.35. The molecule has 4 rings (SSSR count). The molecule has 142 valence electrons. The van der Waals surface area contributed by atoms with Gasteiger partial charge in [0.05, 0.1) is 17.6 Å². The normalized spacial score (nSPS) is 12.2. The van der Waals surface area contributed by atoms with Gasteiger partial charge in [-0.1, -0.05) is 54.1 Å². The van der Waals surface area contributed by atoms with Crippen LogP contribution in [0.1, 0.15) is 11.4 Å². The van der Waals surface area contributed by atoms with Crippen LogP contribution < -0.4 is 4.74 Å². The molecule has 0 aliphatic rings. The Hall–Kier alpha value is -2.82. The molecule has 1 atom stereocenters. The lowest BCUT2D eigenvalue weighted by atomic mass is 10.1. The number of benzene rings is 3. The summed E-state index contributed by atoms with van der Waals surface area (Å²) in [5, 5.41) is 11.3. The van der Waals surface area contributed by atoms with Gasteiger partial charge in [0.2, 0.25) is 0 Å². The summed E-state index contributed by atoms with van der Waals surface area (Å²) in [6.45, 7) is 0.632. The van der Waals surface area contributed by atoms with Crippen molar-refractivity contribution in [2.45, 2.75) is 19.1 Å². The summed E-state index contributed by atoms with van der Waals surface area (Å²) in [5.74, 6) is 1.65. The molecule has 28 heavy (non-hydrogen) atoms. The number of halogens is 1. The zero-order valence-corrected chi connectivity index (χ0v) is 16.1. The Labute approximate surface area is 169 Å². The molecule has 0 saturated heterocycles. The second kappa shape index (κ2) is 8.46. The number of hydrogen-bond donors (Lipinski definition) is 1. The zero-order chi connectivity index (χ0) is 19.3. The smallest absolute Gasteiger partial charge is 0.119 e. The minimum absolute atomic E-state index is 0.219. The maximum absolute atomic E-state index is 10.6. The second-order valence-electron chi connectivity index (χ2n) is 6.71. The first-order valence-corrected chi connectivity index (χ1v) is 9.61. The van der Waals surface area contributed by atoms with Crippen molar-refractivity contribution in [1.82, 2.24) is 9.55 Å². The highest BCUT2D eigenvalue weighted by atomic mass is 35.5. The molecule has 0 radical (unpaired) electrons. The molecule has 5 heteroatoms. The van der Waals surface area contributed by atoms with Crippen LogP contribution in [0.5, 0.6) is 5.75 Å². The van der Waals surface area contributed by atoms with Gasteiger partial charge < -0.3 is 14.4 Å². The van der Waals surface area contributed by atoms with E-state index in [0.29, 0.717) is 18.0 Å². The Bertz CT molecular complexity index is 1050. The number of nitrogens with zero attached hydrogens (tertiary/aromatic N) is 2. The standard InChI is InChI=1S/C23H21ClN2O2/c24-18-12-10-17(11-13-18)14-23-25-21-8-4-5-9-22(21)26(23)15-19(27)16-28-20-6-2-1-3-7-20/h1-13,19,27H,14-16H2/t19-/m0/s1. The van der Waals surface area contributed by atoms with Gasteiger partial charge in [-0.25, -0.2) is 4.98 Å². The van der Waals surface area contributed by atoms with Crippen LogP contribution in [0.4, 0.5) is 0 Å². The van der Waals surface area contributed by atoms with Gasteiger partial charge in [-0.05, 0) is 42.0 Å². The van der Waals surface area contributed by atoms with Gasteiger partial charge in [0.1, 0.15) is 24.3 Å². The molecule has 0 bridgehead atoms. The summed E-state index contributed by atoms with van der Waals surface area (Å²) in [7, 11) is 0. The number of aromatic nitrogens is 2. The molecule has 0 saturated carbocycles. The van der Waals surface area contributed by atoms with Gasteiger partial charge in [-0.3, -0.25) is 0 Å². The summed E-state index contributed by atoms with van der Waals surface area (Å²) in [6.07, 6.45) is 0.0137. The van der Waals surface area contributed by atoms with Crippen LogP contribution in [0.2, 0.25) is 5.02 Å². The van der Waals surface area contributed by atoms with Crippen molar-refractivity contribution in [2.75, 3.05) is 6.61 Å². The molecule has 0 fully saturated rings. The summed E-state index contributed by atoms with van der Waals surface area (Å²) < 4.78 is 7.77. The first-order valence-electron chi connectivity index (χ1n) is 9.23. The Morgan fingerprint density at radius 1 is 0.929 bits per heavy atom. The van der Waals surface area contributed by atoms with Crippen LogP contribution in [0.3, 0.4) is 0 Å². The molecule has 0 unspecified atom stereocenters. The summed E-state index contributed by atoms with van der Waals surface area (Å²) in [6, 6.07) is 25.3. The van der Waals surface area contributed by atoms with Gasteiger partial charge in [-0.2, -0.15) is 0 Å². The van der Waals surface area contributed by atoms with E-state index >= 15 is 0 Å². The lowest BCUT2D eigenvalue weighted by molar-refractivity contribution is 0.0928. The number of aliphatic hydroxyl groups is 1. The maximum Gasteiger partial charge on any atom is 0.119 e. The van der Waals surface area contributed by atoms with Crippen molar-refractivity contribution in [2.24, 2.45) is 0 Å². The van der Waals surface area contributed by atoms with Crippen molar-refractivity contribution >= 4 is 22.6 Å². The Morgan fingerprint density at radius 2 is 1.64 bits per heavy atom. The maximum atomic E-state index is 10.6.